The van der Waals surface area contributed by atoms with Gasteiger partial charge < -0.3 is 5.32 Å². The number of aromatic nitrogens is 2. The molecule has 1 aliphatic carbocycles. The van der Waals surface area contributed by atoms with Crippen LogP contribution in [-0.2, 0) is 11.3 Å². The van der Waals surface area contributed by atoms with Crippen molar-refractivity contribution >= 4 is 50.5 Å². The van der Waals surface area contributed by atoms with Gasteiger partial charge in [0.15, 0.2) is 5.16 Å². The summed E-state index contributed by atoms with van der Waals surface area (Å²) in [7, 11) is 0. The molecule has 2 N–H and O–H groups in total. The molecule has 3 rings (SSSR count). The van der Waals surface area contributed by atoms with E-state index in [1.807, 2.05) is 19.9 Å². The standard InChI is InChI=1S/C20H25BrN4O3S/c1-12(2)10-25-18(27)15-9-13(21)7-8-16(15)23-20(25)29-11-17(26)24-19(28)22-14-5-3-4-6-14/h7-9,12,14H,3-6,10-11H2,1-2H3,(H2,22,24,26,28). The molecule has 1 saturated carbocycles. The summed E-state index contributed by atoms with van der Waals surface area (Å²) in [5.74, 6) is -0.166. The number of carbonyl (C=O) groups excluding carboxylic acids is 2. The van der Waals surface area contributed by atoms with Crippen LogP contribution >= 0.6 is 27.7 Å². The first-order chi connectivity index (χ1) is 13.8. The van der Waals surface area contributed by atoms with Gasteiger partial charge in [0.2, 0.25) is 5.91 Å². The van der Waals surface area contributed by atoms with Crippen LogP contribution in [0.2, 0.25) is 0 Å². The number of amides is 3. The van der Waals surface area contributed by atoms with Gasteiger partial charge in [-0.15, -0.1) is 0 Å². The highest BCUT2D eigenvalue weighted by atomic mass is 79.9. The minimum atomic E-state index is -0.460. The Kier molecular flexibility index (Phi) is 7.34. The Morgan fingerprint density at radius 3 is 2.72 bits per heavy atom. The first-order valence-electron chi connectivity index (χ1n) is 9.76. The van der Waals surface area contributed by atoms with Crippen molar-refractivity contribution in [2.24, 2.45) is 5.92 Å². The van der Waals surface area contributed by atoms with Gasteiger partial charge in [-0.3, -0.25) is 19.5 Å². The second kappa shape index (κ2) is 9.75. The third-order valence-corrected chi connectivity index (χ3v) is 6.17. The first-order valence-corrected chi connectivity index (χ1v) is 11.5. The number of nitrogens with zero attached hydrogens (tertiary/aromatic N) is 2. The number of fused-ring (bicyclic) bond motifs is 1. The van der Waals surface area contributed by atoms with Crippen LogP contribution in [0.1, 0.15) is 39.5 Å². The maximum absolute atomic E-state index is 13.0. The molecule has 3 amide bonds. The number of thioether (sulfide) groups is 1. The van der Waals surface area contributed by atoms with Crippen LogP contribution in [0.4, 0.5) is 4.79 Å². The van der Waals surface area contributed by atoms with Crippen LogP contribution in [0.25, 0.3) is 10.9 Å². The molecule has 0 unspecified atom stereocenters. The average molecular weight is 481 g/mol. The molecule has 1 fully saturated rings. The molecule has 1 heterocycles. The number of halogens is 1. The summed E-state index contributed by atoms with van der Waals surface area (Å²) < 4.78 is 2.42. The summed E-state index contributed by atoms with van der Waals surface area (Å²) in [6.45, 7) is 4.54. The van der Waals surface area contributed by atoms with E-state index in [0.29, 0.717) is 22.6 Å². The lowest BCUT2D eigenvalue weighted by molar-refractivity contribution is -0.117. The van der Waals surface area contributed by atoms with Crippen LogP contribution in [0, 0.1) is 5.92 Å². The Balaban J connectivity index is 1.72. The highest BCUT2D eigenvalue weighted by molar-refractivity contribution is 9.10. The van der Waals surface area contributed by atoms with Crippen molar-refractivity contribution in [2.75, 3.05) is 5.75 Å². The van der Waals surface area contributed by atoms with Gasteiger partial charge in [0.1, 0.15) is 0 Å². The normalized spacial score (nSPS) is 14.5. The fourth-order valence-corrected chi connectivity index (χ4v) is 4.56. The van der Waals surface area contributed by atoms with Gasteiger partial charge in [0, 0.05) is 17.1 Å². The Hall–Kier alpha value is -1.87. The maximum atomic E-state index is 13.0. The van der Waals surface area contributed by atoms with Gasteiger partial charge in [-0.25, -0.2) is 9.78 Å². The van der Waals surface area contributed by atoms with E-state index in [4.69, 9.17) is 0 Å². The van der Waals surface area contributed by atoms with Gasteiger partial charge in [-0.1, -0.05) is 54.4 Å². The molecule has 0 radical (unpaired) electrons. The van der Waals surface area contributed by atoms with E-state index >= 15 is 0 Å². The molecule has 156 valence electrons. The Labute approximate surface area is 182 Å². The van der Waals surface area contributed by atoms with Crippen LogP contribution in [0.5, 0.6) is 0 Å². The molecule has 7 nitrogen and oxygen atoms in total. The Morgan fingerprint density at radius 2 is 2.03 bits per heavy atom. The lowest BCUT2D eigenvalue weighted by Crippen LogP contribution is -2.44. The number of benzene rings is 1. The van der Waals surface area contributed by atoms with E-state index in [2.05, 4.69) is 31.5 Å². The largest absolute Gasteiger partial charge is 0.335 e. The summed E-state index contributed by atoms with van der Waals surface area (Å²) in [5, 5.41) is 6.20. The van der Waals surface area contributed by atoms with Crippen molar-refractivity contribution in [1.29, 1.82) is 0 Å². The van der Waals surface area contributed by atoms with Crippen molar-refractivity contribution in [3.63, 3.8) is 0 Å². The fraction of sp³-hybridized carbons (Fsp3) is 0.500. The summed E-state index contributed by atoms with van der Waals surface area (Å²) in [6.07, 6.45) is 4.11. The molecular formula is C20H25BrN4O3S. The number of urea groups is 1. The van der Waals surface area contributed by atoms with Gasteiger partial charge in [0.25, 0.3) is 5.56 Å². The van der Waals surface area contributed by atoms with E-state index in [0.717, 1.165) is 41.9 Å². The van der Waals surface area contributed by atoms with E-state index in [1.54, 1.807) is 16.7 Å². The van der Waals surface area contributed by atoms with Crippen molar-refractivity contribution < 1.29 is 9.59 Å². The molecule has 9 heteroatoms. The van der Waals surface area contributed by atoms with Crippen LogP contribution < -0.4 is 16.2 Å². The molecule has 0 aliphatic heterocycles. The quantitative estimate of drug-likeness (QED) is 0.485. The molecule has 1 aromatic heterocycles. The molecular weight excluding hydrogens is 456 g/mol. The van der Waals surface area contributed by atoms with E-state index in [1.165, 1.54) is 0 Å². The van der Waals surface area contributed by atoms with E-state index in [9.17, 15) is 14.4 Å². The number of rotatable bonds is 6. The Bertz CT molecular complexity index is 970. The van der Waals surface area contributed by atoms with E-state index < -0.39 is 11.9 Å². The molecule has 29 heavy (non-hydrogen) atoms. The number of carbonyl (C=O) groups is 2. The summed E-state index contributed by atoms with van der Waals surface area (Å²) in [6, 6.07) is 5.05. The summed E-state index contributed by atoms with van der Waals surface area (Å²) >= 11 is 4.56. The minimum Gasteiger partial charge on any atom is -0.335 e. The predicted molar refractivity (Wildman–Crippen MR) is 118 cm³/mol. The minimum absolute atomic E-state index is 0.00462. The number of imide groups is 1. The fourth-order valence-electron chi connectivity index (χ4n) is 3.39. The summed E-state index contributed by atoms with van der Waals surface area (Å²) in [5.41, 5.74) is 0.451. The molecule has 0 spiro atoms. The maximum Gasteiger partial charge on any atom is 0.321 e. The van der Waals surface area contributed by atoms with Crippen molar-refractivity contribution in [2.45, 2.75) is 57.3 Å². The SMILES string of the molecule is CC(C)Cn1c(SCC(=O)NC(=O)NC2CCCC2)nc2ccc(Br)cc2c1=O. The number of hydrogen-bond acceptors (Lipinski definition) is 5. The topological polar surface area (TPSA) is 93.1 Å². The third kappa shape index (κ3) is 5.82. The molecule has 2 aromatic rings. The third-order valence-electron chi connectivity index (χ3n) is 4.70. The van der Waals surface area contributed by atoms with Gasteiger partial charge in [-0.05, 0) is 37.0 Å². The highest BCUT2D eigenvalue weighted by Gasteiger charge is 2.19. The summed E-state index contributed by atoms with van der Waals surface area (Å²) in [4.78, 5) is 41.7. The smallest absolute Gasteiger partial charge is 0.321 e. The van der Waals surface area contributed by atoms with Gasteiger partial charge in [-0.2, -0.15) is 0 Å². The first kappa shape index (κ1) is 21.8. The van der Waals surface area contributed by atoms with Crippen LogP contribution in [0.15, 0.2) is 32.6 Å². The molecule has 1 aromatic carbocycles. The van der Waals surface area contributed by atoms with Crippen LogP contribution in [-0.4, -0.2) is 33.3 Å². The zero-order chi connectivity index (χ0) is 21.0. The second-order valence-electron chi connectivity index (χ2n) is 7.66. The zero-order valence-electron chi connectivity index (χ0n) is 16.5. The van der Waals surface area contributed by atoms with Crippen molar-refractivity contribution in [3.05, 3.63) is 33.0 Å². The Morgan fingerprint density at radius 1 is 1.31 bits per heavy atom. The zero-order valence-corrected chi connectivity index (χ0v) is 18.9. The van der Waals surface area contributed by atoms with Crippen molar-refractivity contribution in [3.8, 4) is 0 Å². The average Bonchev–Trinajstić information content (AvgIpc) is 3.15. The highest BCUT2D eigenvalue weighted by Crippen LogP contribution is 2.21. The monoisotopic (exact) mass is 480 g/mol. The second-order valence-corrected chi connectivity index (χ2v) is 9.52. The van der Waals surface area contributed by atoms with Gasteiger partial charge >= 0.3 is 6.03 Å². The lowest BCUT2D eigenvalue weighted by Gasteiger charge is -2.15. The van der Waals surface area contributed by atoms with Crippen LogP contribution in [0.3, 0.4) is 0 Å². The number of nitrogens with one attached hydrogen (secondary N) is 2. The molecule has 0 atom stereocenters. The molecule has 0 bridgehead atoms. The number of hydrogen-bond donors (Lipinski definition) is 2. The van der Waals surface area contributed by atoms with Gasteiger partial charge in [0.05, 0.1) is 16.7 Å². The van der Waals surface area contributed by atoms with Crippen molar-refractivity contribution in [1.82, 2.24) is 20.2 Å². The molecule has 1 aliphatic rings. The lowest BCUT2D eigenvalue weighted by atomic mass is 10.2. The predicted octanol–water partition coefficient (Wildman–Crippen LogP) is 3.68. The molecule has 0 saturated heterocycles. The van der Waals surface area contributed by atoms with E-state index in [-0.39, 0.29) is 23.3 Å².